The molecule has 20 heavy (non-hydrogen) atoms. The molecule has 1 N–H and O–H groups in total. The molecule has 1 aliphatic carbocycles. The Morgan fingerprint density at radius 2 is 2.05 bits per heavy atom. The van der Waals surface area contributed by atoms with Gasteiger partial charge in [0.05, 0.1) is 25.7 Å². The summed E-state index contributed by atoms with van der Waals surface area (Å²) in [5, 5.41) is 8.99. The summed E-state index contributed by atoms with van der Waals surface area (Å²) >= 11 is 0. The fourth-order valence-electron chi connectivity index (χ4n) is 2.59. The third kappa shape index (κ3) is 3.62. The van der Waals surface area contributed by atoms with Crippen molar-refractivity contribution in [1.82, 2.24) is 4.90 Å². The lowest BCUT2D eigenvalue weighted by Gasteiger charge is -2.37. The largest absolute Gasteiger partial charge is 0.481 e. The fourth-order valence-corrected chi connectivity index (χ4v) is 2.59. The van der Waals surface area contributed by atoms with Crippen LogP contribution in [0, 0.1) is 5.41 Å². The molecule has 0 radical (unpaired) electrons. The first-order chi connectivity index (χ1) is 9.22. The molecule has 2 fully saturated rings. The highest BCUT2D eigenvalue weighted by Gasteiger charge is 2.53. The van der Waals surface area contributed by atoms with E-state index in [0.717, 1.165) is 12.8 Å². The van der Waals surface area contributed by atoms with Crippen LogP contribution in [-0.2, 0) is 14.3 Å². The van der Waals surface area contributed by atoms with Gasteiger partial charge in [-0.15, -0.1) is 0 Å². The van der Waals surface area contributed by atoms with Crippen LogP contribution in [0.1, 0.15) is 40.0 Å². The second kappa shape index (κ2) is 5.24. The van der Waals surface area contributed by atoms with E-state index in [0.29, 0.717) is 19.7 Å². The number of carbonyl (C=O) groups is 2. The average Bonchev–Trinajstić information content (AvgIpc) is 3.07. The SMILES string of the molecule is CC(C)(C)OC(=O)N1CCOC(C2(CC(=O)O)CC2)C1. The van der Waals surface area contributed by atoms with Gasteiger partial charge in [0.25, 0.3) is 0 Å². The van der Waals surface area contributed by atoms with Crippen molar-refractivity contribution in [2.45, 2.75) is 51.7 Å². The lowest BCUT2D eigenvalue weighted by atomic mass is 9.93. The smallest absolute Gasteiger partial charge is 0.410 e. The summed E-state index contributed by atoms with van der Waals surface area (Å²) in [5.41, 5.74) is -0.810. The van der Waals surface area contributed by atoms with Crippen molar-refractivity contribution < 1.29 is 24.2 Å². The van der Waals surface area contributed by atoms with Gasteiger partial charge in [0.1, 0.15) is 5.60 Å². The highest BCUT2D eigenvalue weighted by atomic mass is 16.6. The molecule has 1 saturated carbocycles. The zero-order chi connectivity index (χ0) is 15.0. The van der Waals surface area contributed by atoms with Crippen LogP contribution < -0.4 is 0 Å². The van der Waals surface area contributed by atoms with Crippen molar-refractivity contribution >= 4 is 12.1 Å². The molecule has 1 unspecified atom stereocenters. The molecule has 0 aromatic rings. The van der Waals surface area contributed by atoms with E-state index in [1.165, 1.54) is 0 Å². The van der Waals surface area contributed by atoms with Crippen LogP contribution >= 0.6 is 0 Å². The molecule has 1 saturated heterocycles. The van der Waals surface area contributed by atoms with Crippen LogP contribution in [0.5, 0.6) is 0 Å². The summed E-state index contributed by atoms with van der Waals surface area (Å²) in [4.78, 5) is 24.6. The molecule has 1 aliphatic heterocycles. The number of rotatable bonds is 3. The topological polar surface area (TPSA) is 76.1 Å². The Morgan fingerprint density at radius 1 is 1.40 bits per heavy atom. The van der Waals surface area contributed by atoms with Gasteiger partial charge in [-0.3, -0.25) is 4.79 Å². The van der Waals surface area contributed by atoms with Crippen molar-refractivity contribution in [2.75, 3.05) is 19.7 Å². The van der Waals surface area contributed by atoms with Crippen LogP contribution in [0.15, 0.2) is 0 Å². The minimum atomic E-state index is -0.805. The van der Waals surface area contributed by atoms with Gasteiger partial charge in [0, 0.05) is 12.0 Å². The van der Waals surface area contributed by atoms with E-state index >= 15 is 0 Å². The maximum absolute atomic E-state index is 12.1. The molecule has 0 aromatic carbocycles. The van der Waals surface area contributed by atoms with Crippen molar-refractivity contribution in [2.24, 2.45) is 5.41 Å². The van der Waals surface area contributed by atoms with Crippen LogP contribution in [-0.4, -0.2) is 53.5 Å². The van der Waals surface area contributed by atoms with E-state index in [2.05, 4.69) is 0 Å². The van der Waals surface area contributed by atoms with Gasteiger partial charge in [-0.05, 0) is 33.6 Å². The summed E-state index contributed by atoms with van der Waals surface area (Å²) in [6, 6.07) is 0. The molecule has 6 nitrogen and oxygen atoms in total. The summed E-state index contributed by atoms with van der Waals surface area (Å²) < 4.78 is 11.1. The van der Waals surface area contributed by atoms with Crippen molar-refractivity contribution in [1.29, 1.82) is 0 Å². The van der Waals surface area contributed by atoms with Crippen molar-refractivity contribution in [3.63, 3.8) is 0 Å². The van der Waals surface area contributed by atoms with E-state index in [4.69, 9.17) is 14.6 Å². The lowest BCUT2D eigenvalue weighted by molar-refractivity contribution is -0.141. The first-order valence-corrected chi connectivity index (χ1v) is 7.03. The molecule has 0 bridgehead atoms. The molecule has 1 amide bonds. The number of carboxylic acid groups (broad SMARTS) is 1. The lowest BCUT2D eigenvalue weighted by Crippen LogP contribution is -2.50. The molecule has 1 heterocycles. The van der Waals surface area contributed by atoms with Crippen LogP contribution in [0.3, 0.4) is 0 Å². The Morgan fingerprint density at radius 3 is 2.55 bits per heavy atom. The first kappa shape index (κ1) is 15.1. The minimum Gasteiger partial charge on any atom is -0.481 e. The number of hydrogen-bond donors (Lipinski definition) is 1. The summed E-state index contributed by atoms with van der Waals surface area (Å²) in [5.74, 6) is -0.805. The zero-order valence-electron chi connectivity index (χ0n) is 12.3. The number of carboxylic acids is 1. The van der Waals surface area contributed by atoms with Gasteiger partial charge in [-0.2, -0.15) is 0 Å². The van der Waals surface area contributed by atoms with Gasteiger partial charge in [0.2, 0.25) is 0 Å². The molecule has 0 aromatic heterocycles. The molecule has 2 rings (SSSR count). The molecule has 0 spiro atoms. The average molecular weight is 285 g/mol. The van der Waals surface area contributed by atoms with Gasteiger partial charge < -0.3 is 19.5 Å². The zero-order valence-corrected chi connectivity index (χ0v) is 12.3. The number of amides is 1. The predicted octanol–water partition coefficient (Wildman–Crippen LogP) is 1.88. The number of hydrogen-bond acceptors (Lipinski definition) is 4. The summed E-state index contributed by atoms with van der Waals surface area (Å²) in [7, 11) is 0. The second-order valence-corrected chi connectivity index (χ2v) is 6.72. The Balaban J connectivity index is 1.95. The van der Waals surface area contributed by atoms with E-state index in [9.17, 15) is 9.59 Å². The van der Waals surface area contributed by atoms with E-state index < -0.39 is 11.6 Å². The summed E-state index contributed by atoms with van der Waals surface area (Å²) in [6.45, 7) is 6.84. The predicted molar refractivity (Wildman–Crippen MR) is 71.5 cm³/mol. The molecule has 114 valence electrons. The Hall–Kier alpha value is -1.30. The summed E-state index contributed by atoms with van der Waals surface area (Å²) in [6.07, 6.45) is 1.27. The molecular formula is C14H23NO5. The number of ether oxygens (including phenoxy) is 2. The van der Waals surface area contributed by atoms with Crippen LogP contribution in [0.2, 0.25) is 0 Å². The first-order valence-electron chi connectivity index (χ1n) is 7.03. The van der Waals surface area contributed by atoms with Crippen LogP contribution in [0.4, 0.5) is 4.79 Å². The Labute approximate surface area is 119 Å². The van der Waals surface area contributed by atoms with Gasteiger partial charge in [0.15, 0.2) is 0 Å². The van der Waals surface area contributed by atoms with Crippen LogP contribution in [0.25, 0.3) is 0 Å². The maximum atomic E-state index is 12.1. The van der Waals surface area contributed by atoms with Gasteiger partial charge in [-0.1, -0.05) is 0 Å². The number of morpholine rings is 1. The highest BCUT2D eigenvalue weighted by Crippen LogP contribution is 2.53. The molecule has 6 heteroatoms. The standard InChI is InChI=1S/C14H23NO5/c1-13(2,3)20-12(18)15-6-7-19-10(9-15)14(4-5-14)8-11(16)17/h10H,4-9H2,1-3H3,(H,16,17). The van der Waals surface area contributed by atoms with Gasteiger partial charge in [-0.25, -0.2) is 4.79 Å². The third-order valence-electron chi connectivity index (χ3n) is 3.80. The number of carbonyl (C=O) groups excluding carboxylic acids is 1. The number of aliphatic carboxylic acids is 1. The van der Waals surface area contributed by atoms with E-state index in [-0.39, 0.29) is 24.0 Å². The molecule has 2 aliphatic rings. The quantitative estimate of drug-likeness (QED) is 0.856. The molecular weight excluding hydrogens is 262 g/mol. The van der Waals surface area contributed by atoms with Crippen molar-refractivity contribution in [3.05, 3.63) is 0 Å². The Kier molecular flexibility index (Phi) is 3.95. The Bertz CT molecular complexity index is 397. The second-order valence-electron chi connectivity index (χ2n) is 6.72. The van der Waals surface area contributed by atoms with E-state index in [1.54, 1.807) is 4.90 Å². The van der Waals surface area contributed by atoms with Gasteiger partial charge >= 0.3 is 12.1 Å². The number of nitrogens with zero attached hydrogens (tertiary/aromatic N) is 1. The highest BCUT2D eigenvalue weighted by molar-refractivity contribution is 5.69. The minimum absolute atomic E-state index is 0.111. The normalized spacial score (nSPS) is 25.1. The fraction of sp³-hybridized carbons (Fsp3) is 0.857. The van der Waals surface area contributed by atoms with E-state index in [1.807, 2.05) is 20.8 Å². The maximum Gasteiger partial charge on any atom is 0.410 e. The molecule has 1 atom stereocenters. The van der Waals surface area contributed by atoms with Crippen molar-refractivity contribution in [3.8, 4) is 0 Å². The monoisotopic (exact) mass is 285 g/mol. The third-order valence-corrected chi connectivity index (χ3v) is 3.80.